The predicted molar refractivity (Wildman–Crippen MR) is 107 cm³/mol. The Bertz CT molecular complexity index is 657. The molecular formula is C19H26ClN3O2S. The summed E-state index contributed by atoms with van der Waals surface area (Å²) >= 11 is 7.71. The highest BCUT2D eigenvalue weighted by molar-refractivity contribution is 8.01. The van der Waals surface area contributed by atoms with Crippen LogP contribution in [0.2, 0.25) is 5.02 Å². The van der Waals surface area contributed by atoms with Gasteiger partial charge in [-0.2, -0.15) is 0 Å². The number of hydrogen-bond donors (Lipinski definition) is 2. The first-order chi connectivity index (χ1) is 12.4. The van der Waals surface area contributed by atoms with Gasteiger partial charge in [-0.25, -0.2) is 0 Å². The molecule has 5 nitrogen and oxygen atoms in total. The van der Waals surface area contributed by atoms with Crippen LogP contribution in [0.15, 0.2) is 24.3 Å². The second-order valence-electron chi connectivity index (χ2n) is 7.44. The molecule has 1 aromatic rings. The smallest absolute Gasteiger partial charge is 0.253 e. The van der Waals surface area contributed by atoms with E-state index in [0.717, 1.165) is 18.6 Å². The molecule has 2 aliphatic rings. The molecule has 0 bridgehead atoms. The van der Waals surface area contributed by atoms with Crippen molar-refractivity contribution in [3.8, 4) is 0 Å². The monoisotopic (exact) mass is 395 g/mol. The lowest BCUT2D eigenvalue weighted by Crippen LogP contribution is -2.54. The third-order valence-corrected chi connectivity index (χ3v) is 6.74. The predicted octanol–water partition coefficient (Wildman–Crippen LogP) is 2.75. The SMILES string of the molecule is CC(C)CNC(=O)C1CSC2(CCN(C(=O)c3ccc(Cl)cc3)CC2)N1. The maximum absolute atomic E-state index is 12.6. The Hall–Kier alpha value is -1.24. The second kappa shape index (κ2) is 8.19. The number of nitrogens with one attached hydrogen (secondary N) is 2. The van der Waals surface area contributed by atoms with Crippen molar-refractivity contribution in [2.24, 2.45) is 5.92 Å². The highest BCUT2D eigenvalue weighted by Gasteiger charge is 2.44. The van der Waals surface area contributed by atoms with Gasteiger partial charge in [-0.05, 0) is 43.0 Å². The average Bonchev–Trinajstić information content (AvgIpc) is 3.04. The molecule has 2 amide bonds. The first-order valence-electron chi connectivity index (χ1n) is 9.13. The van der Waals surface area contributed by atoms with Crippen LogP contribution in [-0.2, 0) is 4.79 Å². The van der Waals surface area contributed by atoms with Crippen LogP contribution < -0.4 is 10.6 Å². The standard InChI is InChI=1S/C19H26ClN3O2S/c1-13(2)11-21-17(24)16-12-26-19(22-16)7-9-23(10-8-19)18(25)14-3-5-15(20)6-4-14/h3-6,13,16,22H,7-12H2,1-2H3,(H,21,24). The Labute approximate surface area is 164 Å². The summed E-state index contributed by atoms with van der Waals surface area (Å²) in [5, 5.41) is 7.17. The largest absolute Gasteiger partial charge is 0.354 e. The Morgan fingerprint density at radius 2 is 1.96 bits per heavy atom. The van der Waals surface area contributed by atoms with E-state index in [2.05, 4.69) is 24.5 Å². The molecule has 2 heterocycles. The van der Waals surface area contributed by atoms with E-state index in [1.54, 1.807) is 24.3 Å². The molecule has 1 spiro atoms. The molecule has 0 aliphatic carbocycles. The van der Waals surface area contributed by atoms with Crippen molar-refractivity contribution in [2.75, 3.05) is 25.4 Å². The average molecular weight is 396 g/mol. The van der Waals surface area contributed by atoms with Gasteiger partial charge >= 0.3 is 0 Å². The van der Waals surface area contributed by atoms with Gasteiger partial charge in [-0.3, -0.25) is 14.9 Å². The van der Waals surface area contributed by atoms with Crippen molar-refractivity contribution in [1.29, 1.82) is 0 Å². The summed E-state index contributed by atoms with van der Waals surface area (Å²) in [5.74, 6) is 1.37. The van der Waals surface area contributed by atoms with Gasteiger partial charge < -0.3 is 10.2 Å². The van der Waals surface area contributed by atoms with Crippen LogP contribution in [0.4, 0.5) is 0 Å². The van der Waals surface area contributed by atoms with Gasteiger partial charge in [0.15, 0.2) is 0 Å². The molecule has 142 valence electrons. The third-order valence-electron chi connectivity index (χ3n) is 4.91. The fourth-order valence-corrected chi connectivity index (χ4v) is 4.89. The maximum atomic E-state index is 12.6. The summed E-state index contributed by atoms with van der Waals surface area (Å²) in [7, 11) is 0. The van der Waals surface area contributed by atoms with Crippen molar-refractivity contribution in [1.82, 2.24) is 15.5 Å². The number of thioether (sulfide) groups is 1. The molecule has 2 N–H and O–H groups in total. The number of carbonyl (C=O) groups excluding carboxylic acids is 2. The van der Waals surface area contributed by atoms with Gasteiger partial charge in [0, 0.05) is 36.0 Å². The van der Waals surface area contributed by atoms with E-state index in [0.29, 0.717) is 36.1 Å². The highest BCUT2D eigenvalue weighted by Crippen LogP contribution is 2.39. The summed E-state index contributed by atoms with van der Waals surface area (Å²) in [5.41, 5.74) is 0.670. The van der Waals surface area contributed by atoms with Crippen LogP contribution in [0.25, 0.3) is 0 Å². The number of likely N-dealkylation sites (tertiary alicyclic amines) is 1. The topological polar surface area (TPSA) is 61.4 Å². The summed E-state index contributed by atoms with van der Waals surface area (Å²) in [6.07, 6.45) is 1.70. The lowest BCUT2D eigenvalue weighted by Gasteiger charge is -2.39. The van der Waals surface area contributed by atoms with Gasteiger partial charge in [-0.1, -0.05) is 25.4 Å². The van der Waals surface area contributed by atoms with E-state index in [1.165, 1.54) is 0 Å². The Balaban J connectivity index is 1.52. The van der Waals surface area contributed by atoms with E-state index in [1.807, 2.05) is 16.7 Å². The molecule has 0 saturated carbocycles. The normalized spacial score (nSPS) is 22.0. The number of amides is 2. The van der Waals surface area contributed by atoms with Crippen LogP contribution in [0.5, 0.6) is 0 Å². The second-order valence-corrected chi connectivity index (χ2v) is 9.28. The number of nitrogens with zero attached hydrogens (tertiary/aromatic N) is 1. The number of piperidine rings is 1. The lowest BCUT2D eigenvalue weighted by atomic mass is 10.0. The first-order valence-corrected chi connectivity index (χ1v) is 10.5. The molecule has 1 atom stereocenters. The molecule has 0 aromatic heterocycles. The van der Waals surface area contributed by atoms with Gasteiger partial charge in [0.1, 0.15) is 0 Å². The minimum absolute atomic E-state index is 0.0470. The van der Waals surface area contributed by atoms with Crippen LogP contribution in [0.3, 0.4) is 0 Å². The fraction of sp³-hybridized carbons (Fsp3) is 0.579. The summed E-state index contributed by atoms with van der Waals surface area (Å²) < 4.78 is 0. The molecule has 26 heavy (non-hydrogen) atoms. The molecule has 2 aliphatic heterocycles. The number of halogens is 1. The zero-order valence-electron chi connectivity index (χ0n) is 15.3. The lowest BCUT2D eigenvalue weighted by molar-refractivity contribution is -0.122. The van der Waals surface area contributed by atoms with E-state index < -0.39 is 0 Å². The van der Waals surface area contributed by atoms with Crippen molar-refractivity contribution < 1.29 is 9.59 Å². The van der Waals surface area contributed by atoms with Crippen molar-refractivity contribution in [2.45, 2.75) is 37.6 Å². The molecule has 7 heteroatoms. The van der Waals surface area contributed by atoms with E-state index >= 15 is 0 Å². The van der Waals surface area contributed by atoms with Crippen LogP contribution in [-0.4, -0.2) is 53.0 Å². The van der Waals surface area contributed by atoms with Crippen molar-refractivity contribution in [3.05, 3.63) is 34.9 Å². The Morgan fingerprint density at radius 1 is 1.31 bits per heavy atom. The number of rotatable bonds is 4. The minimum atomic E-state index is -0.141. The molecule has 3 rings (SSSR count). The number of carbonyl (C=O) groups is 2. The van der Waals surface area contributed by atoms with Gasteiger partial charge in [0.2, 0.25) is 5.91 Å². The zero-order chi connectivity index (χ0) is 18.7. The summed E-state index contributed by atoms with van der Waals surface area (Å²) in [6, 6.07) is 6.89. The first kappa shape index (κ1) is 19.5. The zero-order valence-corrected chi connectivity index (χ0v) is 16.8. The molecule has 1 aromatic carbocycles. The Morgan fingerprint density at radius 3 is 2.58 bits per heavy atom. The molecule has 0 radical (unpaired) electrons. The third kappa shape index (κ3) is 4.53. The van der Waals surface area contributed by atoms with E-state index in [-0.39, 0.29) is 22.7 Å². The van der Waals surface area contributed by atoms with E-state index in [9.17, 15) is 9.59 Å². The molecule has 2 saturated heterocycles. The summed E-state index contributed by atoms with van der Waals surface area (Å²) in [4.78, 5) is 26.7. The van der Waals surface area contributed by atoms with Crippen LogP contribution >= 0.6 is 23.4 Å². The number of benzene rings is 1. The van der Waals surface area contributed by atoms with Gasteiger partial charge in [0.25, 0.3) is 5.91 Å². The van der Waals surface area contributed by atoms with Gasteiger partial charge in [-0.15, -0.1) is 11.8 Å². The molecule has 2 fully saturated rings. The van der Waals surface area contributed by atoms with Crippen molar-refractivity contribution >= 4 is 35.2 Å². The summed E-state index contributed by atoms with van der Waals surface area (Å²) in [6.45, 7) is 6.28. The molecule has 1 unspecified atom stereocenters. The minimum Gasteiger partial charge on any atom is -0.354 e. The maximum Gasteiger partial charge on any atom is 0.253 e. The fourth-order valence-electron chi connectivity index (χ4n) is 3.35. The molecular weight excluding hydrogens is 370 g/mol. The van der Waals surface area contributed by atoms with Crippen LogP contribution in [0, 0.1) is 5.92 Å². The van der Waals surface area contributed by atoms with Gasteiger partial charge in [0.05, 0.1) is 10.9 Å². The van der Waals surface area contributed by atoms with E-state index in [4.69, 9.17) is 11.6 Å². The number of hydrogen-bond acceptors (Lipinski definition) is 4. The van der Waals surface area contributed by atoms with Crippen LogP contribution in [0.1, 0.15) is 37.0 Å². The Kier molecular flexibility index (Phi) is 6.15. The quantitative estimate of drug-likeness (QED) is 0.822. The van der Waals surface area contributed by atoms with Crippen molar-refractivity contribution in [3.63, 3.8) is 0 Å². The highest BCUT2D eigenvalue weighted by atomic mass is 35.5.